The van der Waals surface area contributed by atoms with Crippen LogP contribution in [-0.2, 0) is 0 Å². The van der Waals surface area contributed by atoms with Crippen LogP contribution < -0.4 is 0 Å². The van der Waals surface area contributed by atoms with Crippen molar-refractivity contribution in [1.82, 2.24) is 4.98 Å². The molecule has 0 N–H and O–H groups in total. The lowest BCUT2D eigenvalue weighted by molar-refractivity contribution is 0.561. The quantitative estimate of drug-likeness (QED) is 0.640. The van der Waals surface area contributed by atoms with Crippen LogP contribution in [0.3, 0.4) is 0 Å². The molecule has 0 aliphatic rings. The van der Waals surface area contributed by atoms with E-state index in [-0.39, 0.29) is 0 Å². The van der Waals surface area contributed by atoms with Crippen LogP contribution in [0.5, 0.6) is 0 Å². The van der Waals surface area contributed by atoms with Gasteiger partial charge in [0.2, 0.25) is 0 Å². The third-order valence-corrected chi connectivity index (χ3v) is 1.98. The lowest BCUT2D eigenvalue weighted by Gasteiger charge is -1.94. The number of allylic oxidation sites excluding steroid dienone is 1. The molecule has 0 saturated carbocycles. The van der Waals surface area contributed by atoms with Crippen molar-refractivity contribution in [3.63, 3.8) is 0 Å². The van der Waals surface area contributed by atoms with E-state index in [1.807, 2.05) is 18.2 Å². The molecule has 0 amide bonds. The second-order valence-corrected chi connectivity index (χ2v) is 3.01. The number of nitriles is 1. The minimum Gasteiger partial charge on any atom is -0.441 e. The molecule has 14 heavy (non-hydrogen) atoms. The largest absolute Gasteiger partial charge is 0.441 e. The van der Waals surface area contributed by atoms with E-state index in [0.717, 1.165) is 11.1 Å². The Morgan fingerprint density at radius 2 is 2.36 bits per heavy atom. The van der Waals surface area contributed by atoms with Gasteiger partial charge in [0.05, 0.1) is 11.6 Å². The summed E-state index contributed by atoms with van der Waals surface area (Å²) in [5, 5.41) is 8.67. The van der Waals surface area contributed by atoms with Crippen LogP contribution >= 0.6 is 0 Å². The fraction of sp³-hybridized carbons (Fsp3) is 0.0909. The molecule has 0 radical (unpaired) electrons. The predicted octanol–water partition coefficient (Wildman–Crippen LogP) is 2.67. The summed E-state index contributed by atoms with van der Waals surface area (Å²) in [6.07, 6.45) is 0. The molecule has 68 valence electrons. The summed E-state index contributed by atoms with van der Waals surface area (Å²) in [6.45, 7) is 5.42. The van der Waals surface area contributed by atoms with Gasteiger partial charge in [-0.05, 0) is 17.7 Å². The first-order valence-electron chi connectivity index (χ1n) is 4.17. The summed E-state index contributed by atoms with van der Waals surface area (Å²) in [4.78, 5) is 4.16. The van der Waals surface area contributed by atoms with Crippen molar-refractivity contribution in [2.45, 2.75) is 6.92 Å². The van der Waals surface area contributed by atoms with Gasteiger partial charge in [0.25, 0.3) is 0 Å². The zero-order valence-corrected chi connectivity index (χ0v) is 7.74. The van der Waals surface area contributed by atoms with E-state index < -0.39 is 0 Å². The molecule has 0 aliphatic heterocycles. The van der Waals surface area contributed by atoms with E-state index in [9.17, 15) is 0 Å². The van der Waals surface area contributed by atoms with Crippen LogP contribution in [0.25, 0.3) is 16.7 Å². The second-order valence-electron chi connectivity index (χ2n) is 3.01. The number of hydrogen-bond donors (Lipinski definition) is 0. The number of hydrogen-bond acceptors (Lipinski definition) is 3. The van der Waals surface area contributed by atoms with E-state index in [1.165, 1.54) is 0 Å². The van der Waals surface area contributed by atoms with Crippen molar-refractivity contribution >= 4 is 16.7 Å². The Morgan fingerprint density at radius 3 is 3.07 bits per heavy atom. The highest BCUT2D eigenvalue weighted by Crippen LogP contribution is 2.20. The van der Waals surface area contributed by atoms with Crippen molar-refractivity contribution in [2.75, 3.05) is 0 Å². The van der Waals surface area contributed by atoms with Gasteiger partial charge in [-0.3, -0.25) is 0 Å². The van der Waals surface area contributed by atoms with Crippen LogP contribution in [0.4, 0.5) is 0 Å². The number of rotatable bonds is 1. The third-order valence-electron chi connectivity index (χ3n) is 1.98. The SMILES string of the molecule is C=C(C#N)c1ccc2nc(C)oc2c1. The zero-order valence-electron chi connectivity index (χ0n) is 7.74. The Kier molecular flexibility index (Phi) is 1.83. The van der Waals surface area contributed by atoms with Crippen LogP contribution in [0.2, 0.25) is 0 Å². The summed E-state index contributed by atoms with van der Waals surface area (Å²) in [5.41, 5.74) is 2.70. The molecule has 1 aromatic heterocycles. The second kappa shape index (κ2) is 3.00. The van der Waals surface area contributed by atoms with Gasteiger partial charge in [0.15, 0.2) is 11.5 Å². The molecule has 3 nitrogen and oxygen atoms in total. The molecule has 1 aromatic carbocycles. The molecule has 0 unspecified atom stereocenters. The van der Waals surface area contributed by atoms with Gasteiger partial charge in [-0.15, -0.1) is 0 Å². The maximum absolute atomic E-state index is 8.67. The Morgan fingerprint density at radius 1 is 1.57 bits per heavy atom. The summed E-state index contributed by atoms with van der Waals surface area (Å²) in [6, 6.07) is 7.41. The molecule has 2 aromatic rings. The predicted molar refractivity (Wildman–Crippen MR) is 53.4 cm³/mol. The normalized spacial score (nSPS) is 10.0. The van der Waals surface area contributed by atoms with Gasteiger partial charge in [0, 0.05) is 6.92 Å². The molecule has 2 rings (SSSR count). The molecule has 0 spiro atoms. The van der Waals surface area contributed by atoms with E-state index in [1.54, 1.807) is 13.0 Å². The van der Waals surface area contributed by atoms with E-state index in [0.29, 0.717) is 17.0 Å². The van der Waals surface area contributed by atoms with Crippen LogP contribution in [0.15, 0.2) is 29.2 Å². The zero-order chi connectivity index (χ0) is 10.1. The number of oxazole rings is 1. The molecule has 0 atom stereocenters. The number of aromatic nitrogens is 1. The van der Waals surface area contributed by atoms with Crippen molar-refractivity contribution in [3.8, 4) is 6.07 Å². The Labute approximate surface area is 81.3 Å². The number of aryl methyl sites for hydroxylation is 1. The molecule has 0 bridgehead atoms. The smallest absolute Gasteiger partial charge is 0.192 e. The fourth-order valence-corrected chi connectivity index (χ4v) is 1.29. The highest BCUT2D eigenvalue weighted by atomic mass is 16.3. The Hall–Kier alpha value is -2.08. The standard InChI is InChI=1S/C11H8N2O/c1-7(6-12)9-3-4-10-11(5-9)14-8(2)13-10/h3-5H,1H2,2H3. The highest BCUT2D eigenvalue weighted by Gasteiger charge is 2.04. The van der Waals surface area contributed by atoms with Crippen LogP contribution in [0, 0.1) is 18.3 Å². The number of fused-ring (bicyclic) bond motifs is 1. The molecular weight excluding hydrogens is 176 g/mol. The Bertz CT molecular complexity index is 546. The number of benzene rings is 1. The Balaban J connectivity index is 2.62. The fourth-order valence-electron chi connectivity index (χ4n) is 1.29. The maximum Gasteiger partial charge on any atom is 0.192 e. The monoisotopic (exact) mass is 184 g/mol. The van der Waals surface area contributed by atoms with Crippen molar-refractivity contribution in [2.24, 2.45) is 0 Å². The topological polar surface area (TPSA) is 49.8 Å². The number of nitrogens with zero attached hydrogens (tertiary/aromatic N) is 2. The maximum atomic E-state index is 8.67. The summed E-state index contributed by atoms with van der Waals surface area (Å²) in [7, 11) is 0. The first-order chi connectivity index (χ1) is 6.70. The van der Waals surface area contributed by atoms with Gasteiger partial charge in [-0.1, -0.05) is 12.6 Å². The van der Waals surface area contributed by atoms with Crippen LogP contribution in [0.1, 0.15) is 11.5 Å². The average molecular weight is 184 g/mol. The highest BCUT2D eigenvalue weighted by molar-refractivity contribution is 5.82. The summed E-state index contributed by atoms with van der Waals surface area (Å²) < 4.78 is 5.34. The summed E-state index contributed by atoms with van der Waals surface area (Å²) >= 11 is 0. The van der Waals surface area contributed by atoms with Gasteiger partial charge >= 0.3 is 0 Å². The van der Waals surface area contributed by atoms with Gasteiger partial charge in [-0.2, -0.15) is 5.26 Å². The minimum atomic E-state index is 0.431. The van der Waals surface area contributed by atoms with E-state index >= 15 is 0 Å². The molecule has 1 heterocycles. The van der Waals surface area contributed by atoms with E-state index in [2.05, 4.69) is 11.6 Å². The molecule has 0 saturated heterocycles. The molecule has 0 fully saturated rings. The third kappa shape index (κ3) is 1.27. The summed E-state index contributed by atoms with van der Waals surface area (Å²) in [5.74, 6) is 0.625. The molecule has 3 heteroatoms. The van der Waals surface area contributed by atoms with Gasteiger partial charge in [-0.25, -0.2) is 4.98 Å². The van der Waals surface area contributed by atoms with E-state index in [4.69, 9.17) is 9.68 Å². The van der Waals surface area contributed by atoms with Crippen LogP contribution in [-0.4, -0.2) is 4.98 Å². The van der Waals surface area contributed by atoms with Crippen molar-refractivity contribution in [1.29, 1.82) is 5.26 Å². The first kappa shape index (κ1) is 8.52. The average Bonchev–Trinajstić information content (AvgIpc) is 2.55. The van der Waals surface area contributed by atoms with Gasteiger partial charge in [0.1, 0.15) is 5.52 Å². The van der Waals surface area contributed by atoms with Crippen molar-refractivity contribution < 1.29 is 4.42 Å². The molecular formula is C11H8N2O. The lowest BCUT2D eigenvalue weighted by Crippen LogP contribution is -1.78. The van der Waals surface area contributed by atoms with Crippen molar-refractivity contribution in [3.05, 3.63) is 36.2 Å². The first-order valence-corrected chi connectivity index (χ1v) is 4.17. The minimum absolute atomic E-state index is 0.431. The molecule has 0 aliphatic carbocycles. The van der Waals surface area contributed by atoms with Gasteiger partial charge < -0.3 is 4.42 Å². The lowest BCUT2D eigenvalue weighted by atomic mass is 10.1.